The van der Waals surface area contributed by atoms with Crippen molar-refractivity contribution in [2.75, 3.05) is 0 Å². The second kappa shape index (κ2) is 6.60. The first kappa shape index (κ1) is 12.1. The Morgan fingerprint density at radius 1 is 1.38 bits per heavy atom. The number of unbranched alkanes of at least 4 members (excludes halogenated alkanes) is 2. The Labute approximate surface area is 78.1 Å². The highest BCUT2D eigenvalue weighted by molar-refractivity contribution is 5.87. The number of rotatable bonds is 7. The summed E-state index contributed by atoms with van der Waals surface area (Å²) in [6.45, 7) is 2.04. The molecule has 0 amide bonds. The van der Waals surface area contributed by atoms with Gasteiger partial charge in [0.25, 0.3) is 0 Å². The van der Waals surface area contributed by atoms with Gasteiger partial charge in [-0.15, -0.1) is 0 Å². The molecule has 4 heteroatoms. The van der Waals surface area contributed by atoms with Crippen LogP contribution in [0.5, 0.6) is 0 Å². The van der Waals surface area contributed by atoms with E-state index in [1.54, 1.807) is 0 Å². The number of carbonyl (C=O) groups is 2. The number of carbonyl (C=O) groups excluding carboxylic acids is 1. The van der Waals surface area contributed by atoms with Crippen LogP contribution in [0.15, 0.2) is 0 Å². The topological polar surface area (TPSA) is 80.4 Å². The van der Waals surface area contributed by atoms with Gasteiger partial charge in [0.1, 0.15) is 5.78 Å². The fourth-order valence-corrected chi connectivity index (χ4v) is 1.04. The molecule has 0 saturated carbocycles. The van der Waals surface area contributed by atoms with E-state index in [1.807, 2.05) is 6.92 Å². The molecule has 0 saturated heterocycles. The molecule has 0 aromatic carbocycles. The average Bonchev–Trinajstić information content (AvgIpc) is 2.03. The van der Waals surface area contributed by atoms with Crippen molar-refractivity contribution in [1.82, 2.24) is 0 Å². The van der Waals surface area contributed by atoms with Crippen molar-refractivity contribution in [3.05, 3.63) is 0 Å². The van der Waals surface area contributed by atoms with Crippen LogP contribution in [-0.2, 0) is 9.59 Å². The third-order valence-corrected chi connectivity index (χ3v) is 1.83. The molecule has 13 heavy (non-hydrogen) atoms. The van der Waals surface area contributed by atoms with Gasteiger partial charge in [-0.3, -0.25) is 9.59 Å². The van der Waals surface area contributed by atoms with Crippen LogP contribution in [0.3, 0.4) is 0 Å². The highest BCUT2D eigenvalue weighted by Gasteiger charge is 2.15. The molecule has 0 bridgehead atoms. The van der Waals surface area contributed by atoms with Crippen molar-refractivity contribution in [3.63, 3.8) is 0 Å². The first-order valence-corrected chi connectivity index (χ1v) is 4.58. The molecule has 4 nitrogen and oxygen atoms in total. The minimum atomic E-state index is -1.02. The predicted octanol–water partition coefficient (Wildman–Crippen LogP) is 0.938. The summed E-state index contributed by atoms with van der Waals surface area (Å²) in [7, 11) is 0. The van der Waals surface area contributed by atoms with Crippen LogP contribution in [0.1, 0.15) is 39.0 Å². The zero-order valence-corrected chi connectivity index (χ0v) is 7.95. The van der Waals surface area contributed by atoms with E-state index < -0.39 is 12.0 Å². The molecular formula is C9H17NO3. The van der Waals surface area contributed by atoms with Crippen molar-refractivity contribution in [3.8, 4) is 0 Å². The number of nitrogens with two attached hydrogens (primary N) is 1. The lowest BCUT2D eigenvalue weighted by atomic mass is 10.0. The van der Waals surface area contributed by atoms with Gasteiger partial charge < -0.3 is 10.8 Å². The SMILES string of the molecule is CCCCCC(=O)[C@@H](N)CC(=O)O. The second-order valence-corrected chi connectivity index (χ2v) is 3.13. The maximum Gasteiger partial charge on any atom is 0.305 e. The van der Waals surface area contributed by atoms with Crippen molar-refractivity contribution in [2.45, 2.75) is 45.1 Å². The number of hydrogen-bond acceptors (Lipinski definition) is 3. The normalized spacial score (nSPS) is 12.5. The van der Waals surface area contributed by atoms with Crippen molar-refractivity contribution in [1.29, 1.82) is 0 Å². The van der Waals surface area contributed by atoms with E-state index in [0.717, 1.165) is 19.3 Å². The zero-order valence-electron chi connectivity index (χ0n) is 7.95. The molecule has 0 spiro atoms. The molecule has 76 valence electrons. The fourth-order valence-electron chi connectivity index (χ4n) is 1.04. The van der Waals surface area contributed by atoms with Crippen LogP contribution in [0.25, 0.3) is 0 Å². The van der Waals surface area contributed by atoms with E-state index in [1.165, 1.54) is 0 Å². The van der Waals surface area contributed by atoms with Gasteiger partial charge in [-0.2, -0.15) is 0 Å². The Balaban J connectivity index is 3.63. The molecule has 0 aliphatic rings. The highest BCUT2D eigenvalue weighted by Crippen LogP contribution is 2.03. The third kappa shape index (κ3) is 6.28. The average molecular weight is 187 g/mol. The highest BCUT2D eigenvalue weighted by atomic mass is 16.4. The van der Waals surface area contributed by atoms with Crippen molar-refractivity contribution >= 4 is 11.8 Å². The zero-order chi connectivity index (χ0) is 10.3. The molecule has 0 aromatic rings. The fraction of sp³-hybridized carbons (Fsp3) is 0.778. The van der Waals surface area contributed by atoms with Crippen LogP contribution in [0, 0.1) is 0 Å². The number of hydrogen-bond donors (Lipinski definition) is 2. The van der Waals surface area contributed by atoms with E-state index in [-0.39, 0.29) is 12.2 Å². The maximum absolute atomic E-state index is 11.2. The van der Waals surface area contributed by atoms with E-state index >= 15 is 0 Å². The van der Waals surface area contributed by atoms with Crippen LogP contribution in [0.2, 0.25) is 0 Å². The van der Waals surface area contributed by atoms with E-state index in [2.05, 4.69) is 0 Å². The standard InChI is InChI=1S/C9H17NO3/c1-2-3-4-5-8(11)7(10)6-9(12)13/h7H,2-6,10H2,1H3,(H,12,13)/t7-/m0/s1. The number of carboxylic acids is 1. The number of aliphatic carboxylic acids is 1. The van der Waals surface area contributed by atoms with Gasteiger partial charge in [-0.1, -0.05) is 19.8 Å². The lowest BCUT2D eigenvalue weighted by Gasteiger charge is -2.06. The van der Waals surface area contributed by atoms with Crippen LogP contribution >= 0.6 is 0 Å². The molecule has 0 aliphatic heterocycles. The second-order valence-electron chi connectivity index (χ2n) is 3.13. The molecule has 0 radical (unpaired) electrons. The summed E-state index contributed by atoms with van der Waals surface area (Å²) in [5, 5.41) is 8.37. The lowest BCUT2D eigenvalue weighted by Crippen LogP contribution is -2.32. The first-order chi connectivity index (χ1) is 6.07. The Hall–Kier alpha value is -0.900. The van der Waals surface area contributed by atoms with Gasteiger partial charge in [-0.05, 0) is 6.42 Å². The molecule has 1 atom stereocenters. The number of carboxylic acid groups (broad SMARTS) is 1. The van der Waals surface area contributed by atoms with Crippen molar-refractivity contribution < 1.29 is 14.7 Å². The Morgan fingerprint density at radius 3 is 2.46 bits per heavy atom. The minimum Gasteiger partial charge on any atom is -0.481 e. The summed E-state index contributed by atoms with van der Waals surface area (Å²) < 4.78 is 0. The quantitative estimate of drug-likeness (QED) is 0.581. The van der Waals surface area contributed by atoms with Gasteiger partial charge in [-0.25, -0.2) is 0 Å². The molecule has 0 unspecified atom stereocenters. The maximum atomic E-state index is 11.2. The van der Waals surface area contributed by atoms with Crippen LogP contribution < -0.4 is 5.73 Å². The molecule has 3 N–H and O–H groups in total. The largest absolute Gasteiger partial charge is 0.481 e. The predicted molar refractivity (Wildman–Crippen MR) is 49.4 cm³/mol. The van der Waals surface area contributed by atoms with Gasteiger partial charge >= 0.3 is 5.97 Å². The lowest BCUT2D eigenvalue weighted by molar-refractivity contribution is -0.139. The number of ketones is 1. The molecular weight excluding hydrogens is 170 g/mol. The summed E-state index contributed by atoms with van der Waals surface area (Å²) in [5.41, 5.74) is 5.37. The van der Waals surface area contributed by atoms with E-state index in [4.69, 9.17) is 10.8 Å². The molecule has 0 rings (SSSR count). The summed E-state index contributed by atoms with van der Waals surface area (Å²) in [6.07, 6.45) is 2.99. The van der Waals surface area contributed by atoms with Gasteiger partial charge in [0.05, 0.1) is 12.5 Å². The molecule has 0 heterocycles. The van der Waals surface area contributed by atoms with Crippen molar-refractivity contribution in [2.24, 2.45) is 5.73 Å². The van der Waals surface area contributed by atoms with E-state index in [0.29, 0.717) is 6.42 Å². The van der Waals surface area contributed by atoms with E-state index in [9.17, 15) is 9.59 Å². The minimum absolute atomic E-state index is 0.143. The summed E-state index contributed by atoms with van der Waals surface area (Å²) >= 11 is 0. The monoisotopic (exact) mass is 187 g/mol. The molecule has 0 aromatic heterocycles. The summed E-state index contributed by atoms with van der Waals surface area (Å²) in [6, 6.07) is -0.825. The summed E-state index contributed by atoms with van der Waals surface area (Å²) in [4.78, 5) is 21.4. The van der Waals surface area contributed by atoms with Gasteiger partial charge in [0.2, 0.25) is 0 Å². The van der Waals surface area contributed by atoms with Crippen LogP contribution in [0.4, 0.5) is 0 Å². The Bertz CT molecular complexity index is 180. The smallest absolute Gasteiger partial charge is 0.305 e. The van der Waals surface area contributed by atoms with Gasteiger partial charge in [0.15, 0.2) is 0 Å². The van der Waals surface area contributed by atoms with Gasteiger partial charge in [0, 0.05) is 6.42 Å². The third-order valence-electron chi connectivity index (χ3n) is 1.83. The summed E-state index contributed by atoms with van der Waals surface area (Å²) in [5.74, 6) is -1.16. The number of Topliss-reactive ketones (excluding diaryl/α,β-unsaturated/α-hetero) is 1. The first-order valence-electron chi connectivity index (χ1n) is 4.58. The Morgan fingerprint density at radius 2 is 2.00 bits per heavy atom. The Kier molecular flexibility index (Phi) is 6.14. The van der Waals surface area contributed by atoms with Crippen LogP contribution in [-0.4, -0.2) is 22.9 Å². The molecule has 0 aliphatic carbocycles. The molecule has 0 fully saturated rings.